The van der Waals surface area contributed by atoms with Gasteiger partial charge in [0.05, 0.1) is 6.54 Å². The molecule has 18 heavy (non-hydrogen) atoms. The largest absolute Gasteiger partial charge is 0.476 e. The van der Waals surface area contributed by atoms with Gasteiger partial charge in [-0.2, -0.15) is 0 Å². The monoisotopic (exact) mass is 273 g/mol. The van der Waals surface area contributed by atoms with E-state index >= 15 is 0 Å². The second-order valence-electron chi connectivity index (χ2n) is 4.46. The Morgan fingerprint density at radius 2 is 2.17 bits per heavy atom. The molecule has 7 heteroatoms. The fourth-order valence-corrected chi connectivity index (χ4v) is 1.16. The Morgan fingerprint density at radius 3 is 2.78 bits per heavy atom. The molecule has 0 unspecified atom stereocenters. The van der Waals surface area contributed by atoms with Crippen molar-refractivity contribution in [2.24, 2.45) is 0 Å². The van der Waals surface area contributed by atoms with Crippen LogP contribution < -0.4 is 10.1 Å². The van der Waals surface area contributed by atoms with Crippen molar-refractivity contribution in [3.63, 3.8) is 0 Å². The standard InChI is InChI=1S/C11H16ClN3O3/c1-11(2,3)18-10(16)13-4-5-17-9-6-8(12)14-7-15-9/h6-7H,4-5H2,1-3H3,(H,13,16). The summed E-state index contributed by atoms with van der Waals surface area (Å²) in [4.78, 5) is 18.9. The summed E-state index contributed by atoms with van der Waals surface area (Å²) in [6, 6.07) is 1.50. The number of ether oxygens (including phenoxy) is 2. The zero-order valence-corrected chi connectivity index (χ0v) is 11.3. The molecule has 100 valence electrons. The van der Waals surface area contributed by atoms with Crippen LogP contribution >= 0.6 is 11.6 Å². The number of nitrogens with zero attached hydrogens (tertiary/aromatic N) is 2. The van der Waals surface area contributed by atoms with E-state index in [-0.39, 0.29) is 6.61 Å². The fraction of sp³-hybridized carbons (Fsp3) is 0.545. The van der Waals surface area contributed by atoms with Gasteiger partial charge in [0.1, 0.15) is 23.7 Å². The Balaban J connectivity index is 2.21. The number of amides is 1. The molecule has 0 aliphatic rings. The quantitative estimate of drug-likeness (QED) is 0.671. The molecule has 0 saturated heterocycles. The third-order valence-electron chi connectivity index (χ3n) is 1.63. The number of rotatable bonds is 4. The van der Waals surface area contributed by atoms with E-state index in [1.165, 1.54) is 12.4 Å². The van der Waals surface area contributed by atoms with Crippen LogP contribution in [0.2, 0.25) is 5.15 Å². The van der Waals surface area contributed by atoms with Crippen LogP contribution in [0.1, 0.15) is 20.8 Å². The van der Waals surface area contributed by atoms with Gasteiger partial charge >= 0.3 is 6.09 Å². The maximum Gasteiger partial charge on any atom is 0.407 e. The molecule has 0 bridgehead atoms. The smallest absolute Gasteiger partial charge is 0.407 e. The van der Waals surface area contributed by atoms with Crippen molar-refractivity contribution in [1.82, 2.24) is 15.3 Å². The van der Waals surface area contributed by atoms with E-state index < -0.39 is 11.7 Å². The third kappa shape index (κ3) is 6.24. The molecule has 0 spiro atoms. The minimum atomic E-state index is -0.509. The molecule has 0 atom stereocenters. The van der Waals surface area contributed by atoms with Gasteiger partial charge in [-0.1, -0.05) is 11.6 Å². The molecule has 0 aromatic carbocycles. The molecule has 0 aliphatic carbocycles. The molecule has 0 aliphatic heterocycles. The zero-order valence-electron chi connectivity index (χ0n) is 10.6. The van der Waals surface area contributed by atoms with E-state index in [1.54, 1.807) is 20.8 Å². The molecular formula is C11H16ClN3O3. The van der Waals surface area contributed by atoms with Crippen LogP contribution in [0.3, 0.4) is 0 Å². The lowest BCUT2D eigenvalue weighted by atomic mass is 10.2. The van der Waals surface area contributed by atoms with Crippen molar-refractivity contribution in [2.45, 2.75) is 26.4 Å². The SMILES string of the molecule is CC(C)(C)OC(=O)NCCOc1cc(Cl)ncn1. The molecule has 1 aromatic heterocycles. The minimum Gasteiger partial charge on any atom is -0.476 e. The summed E-state index contributed by atoms with van der Waals surface area (Å²) < 4.78 is 10.3. The van der Waals surface area contributed by atoms with Gasteiger partial charge in [-0.3, -0.25) is 0 Å². The van der Waals surface area contributed by atoms with E-state index in [0.717, 1.165) is 0 Å². The first-order valence-electron chi connectivity index (χ1n) is 5.44. The van der Waals surface area contributed by atoms with E-state index in [1.807, 2.05) is 0 Å². The molecule has 1 amide bonds. The molecule has 6 nitrogen and oxygen atoms in total. The summed E-state index contributed by atoms with van der Waals surface area (Å²) in [7, 11) is 0. The lowest BCUT2D eigenvalue weighted by Gasteiger charge is -2.19. The Kier molecular flexibility index (Phi) is 5.15. The van der Waals surface area contributed by atoms with Gasteiger partial charge in [-0.15, -0.1) is 0 Å². The van der Waals surface area contributed by atoms with Crippen molar-refractivity contribution in [3.8, 4) is 5.88 Å². The predicted octanol–water partition coefficient (Wildman–Crippen LogP) is 2.03. The van der Waals surface area contributed by atoms with Crippen LogP contribution in [-0.2, 0) is 4.74 Å². The highest BCUT2D eigenvalue weighted by molar-refractivity contribution is 6.29. The van der Waals surface area contributed by atoms with E-state index in [9.17, 15) is 4.79 Å². The first-order chi connectivity index (χ1) is 8.37. The summed E-state index contributed by atoms with van der Waals surface area (Å²) in [5.41, 5.74) is -0.509. The molecule has 0 fully saturated rings. The van der Waals surface area contributed by atoms with Crippen LogP contribution in [0, 0.1) is 0 Å². The number of carbonyl (C=O) groups excluding carboxylic acids is 1. The van der Waals surface area contributed by atoms with Gasteiger partial charge in [0.25, 0.3) is 0 Å². The number of alkyl carbamates (subject to hydrolysis) is 1. The van der Waals surface area contributed by atoms with Gasteiger partial charge in [-0.25, -0.2) is 14.8 Å². The number of hydrogen-bond donors (Lipinski definition) is 1. The van der Waals surface area contributed by atoms with Crippen molar-refractivity contribution >= 4 is 17.7 Å². The Morgan fingerprint density at radius 1 is 1.44 bits per heavy atom. The van der Waals surface area contributed by atoms with Crippen molar-refractivity contribution in [2.75, 3.05) is 13.2 Å². The molecule has 0 radical (unpaired) electrons. The maximum absolute atomic E-state index is 11.3. The Labute approximate surface area is 111 Å². The second-order valence-corrected chi connectivity index (χ2v) is 4.84. The molecule has 1 heterocycles. The molecule has 1 N–H and O–H groups in total. The minimum absolute atomic E-state index is 0.270. The topological polar surface area (TPSA) is 73.3 Å². The zero-order chi connectivity index (χ0) is 13.6. The Hall–Kier alpha value is -1.56. The van der Waals surface area contributed by atoms with Gasteiger partial charge in [0.15, 0.2) is 0 Å². The second kappa shape index (κ2) is 6.39. The third-order valence-corrected chi connectivity index (χ3v) is 1.84. The normalized spacial score (nSPS) is 10.9. The average Bonchev–Trinajstić information content (AvgIpc) is 2.22. The summed E-state index contributed by atoms with van der Waals surface area (Å²) in [5.74, 6) is 0.362. The van der Waals surface area contributed by atoms with Gasteiger partial charge in [0.2, 0.25) is 5.88 Å². The lowest BCUT2D eigenvalue weighted by Crippen LogP contribution is -2.34. The highest BCUT2D eigenvalue weighted by Crippen LogP contribution is 2.10. The number of carbonyl (C=O) groups is 1. The number of hydrogen-bond acceptors (Lipinski definition) is 5. The van der Waals surface area contributed by atoms with E-state index in [4.69, 9.17) is 21.1 Å². The maximum atomic E-state index is 11.3. The van der Waals surface area contributed by atoms with Crippen molar-refractivity contribution < 1.29 is 14.3 Å². The highest BCUT2D eigenvalue weighted by atomic mass is 35.5. The summed E-state index contributed by atoms with van der Waals surface area (Å²) in [5, 5.41) is 2.87. The fourth-order valence-electron chi connectivity index (χ4n) is 1.02. The number of nitrogens with one attached hydrogen (secondary N) is 1. The van der Waals surface area contributed by atoms with E-state index in [0.29, 0.717) is 17.6 Å². The summed E-state index contributed by atoms with van der Waals surface area (Å²) in [6.07, 6.45) is 0.825. The van der Waals surface area contributed by atoms with E-state index in [2.05, 4.69) is 15.3 Å². The van der Waals surface area contributed by atoms with Crippen molar-refractivity contribution in [1.29, 1.82) is 0 Å². The highest BCUT2D eigenvalue weighted by Gasteiger charge is 2.15. The predicted molar refractivity (Wildman–Crippen MR) is 66.8 cm³/mol. The molecular weight excluding hydrogens is 258 g/mol. The summed E-state index contributed by atoms with van der Waals surface area (Å²) >= 11 is 5.66. The van der Waals surface area contributed by atoms with Gasteiger partial charge in [-0.05, 0) is 20.8 Å². The molecule has 1 aromatic rings. The molecule has 0 saturated carbocycles. The number of halogens is 1. The van der Waals surface area contributed by atoms with Crippen molar-refractivity contribution in [3.05, 3.63) is 17.5 Å². The Bertz CT molecular complexity index is 407. The first-order valence-corrected chi connectivity index (χ1v) is 5.82. The van der Waals surface area contributed by atoms with Gasteiger partial charge < -0.3 is 14.8 Å². The van der Waals surface area contributed by atoms with Gasteiger partial charge in [0, 0.05) is 6.07 Å². The van der Waals surface area contributed by atoms with Crippen LogP contribution in [0.5, 0.6) is 5.88 Å². The average molecular weight is 274 g/mol. The lowest BCUT2D eigenvalue weighted by molar-refractivity contribution is 0.0520. The van der Waals surface area contributed by atoms with Crippen LogP contribution in [0.25, 0.3) is 0 Å². The first kappa shape index (κ1) is 14.5. The van der Waals surface area contributed by atoms with Crippen LogP contribution in [-0.4, -0.2) is 34.8 Å². The molecule has 1 rings (SSSR count). The van der Waals surface area contributed by atoms with Crippen LogP contribution in [0.15, 0.2) is 12.4 Å². The number of aromatic nitrogens is 2. The van der Waals surface area contributed by atoms with Crippen LogP contribution in [0.4, 0.5) is 4.79 Å². The summed E-state index contributed by atoms with van der Waals surface area (Å²) in [6.45, 7) is 5.98.